The zero-order valence-electron chi connectivity index (χ0n) is 12.8. The topological polar surface area (TPSA) is 75.6 Å². The minimum absolute atomic E-state index is 0.140. The molecule has 0 aliphatic rings. The monoisotopic (exact) mass is 293 g/mol. The fourth-order valence-corrected chi connectivity index (χ4v) is 2.03. The number of carboxylic acid groups (broad SMARTS) is 1. The Kier molecular flexibility index (Phi) is 6.72. The maximum Gasteiger partial charge on any atom is 0.326 e. The van der Waals surface area contributed by atoms with E-state index in [2.05, 4.69) is 5.32 Å². The van der Waals surface area contributed by atoms with Crippen LogP contribution in [0.25, 0.3) is 0 Å². The summed E-state index contributed by atoms with van der Waals surface area (Å²) in [6.07, 6.45) is 1.27. The minimum atomic E-state index is -1.000. The van der Waals surface area contributed by atoms with Crippen LogP contribution >= 0.6 is 0 Å². The Hall–Kier alpha value is -2.04. The summed E-state index contributed by atoms with van der Waals surface area (Å²) in [7, 11) is 0. The first kappa shape index (κ1) is 17.0. The molecular weight excluding hydrogens is 270 g/mol. The molecule has 0 bridgehead atoms. The van der Waals surface area contributed by atoms with Crippen LogP contribution in [0.15, 0.2) is 18.2 Å². The van der Waals surface area contributed by atoms with Crippen molar-refractivity contribution in [1.82, 2.24) is 5.32 Å². The van der Waals surface area contributed by atoms with E-state index in [1.165, 1.54) is 0 Å². The van der Waals surface area contributed by atoms with Crippen LogP contribution in [-0.4, -0.2) is 29.6 Å². The van der Waals surface area contributed by atoms with Crippen molar-refractivity contribution in [3.63, 3.8) is 0 Å². The highest BCUT2D eigenvalue weighted by atomic mass is 16.5. The van der Waals surface area contributed by atoms with Crippen LogP contribution in [0.1, 0.15) is 37.3 Å². The van der Waals surface area contributed by atoms with Gasteiger partial charge in [0.05, 0.1) is 13.0 Å². The van der Waals surface area contributed by atoms with Crippen LogP contribution in [0, 0.1) is 13.8 Å². The van der Waals surface area contributed by atoms with Crippen molar-refractivity contribution >= 4 is 11.9 Å². The molecule has 0 unspecified atom stereocenters. The molecule has 1 aromatic rings. The highest BCUT2D eigenvalue weighted by Crippen LogP contribution is 2.18. The van der Waals surface area contributed by atoms with Crippen molar-refractivity contribution < 1.29 is 19.4 Å². The van der Waals surface area contributed by atoms with Crippen molar-refractivity contribution in [2.45, 2.75) is 46.1 Å². The van der Waals surface area contributed by atoms with Crippen molar-refractivity contribution in [3.8, 4) is 5.75 Å². The summed E-state index contributed by atoms with van der Waals surface area (Å²) in [5.41, 5.74) is 2.17. The van der Waals surface area contributed by atoms with Gasteiger partial charge in [-0.3, -0.25) is 4.79 Å². The average Bonchev–Trinajstić information content (AvgIpc) is 2.40. The third kappa shape index (κ3) is 5.85. The molecule has 2 N–H and O–H groups in total. The predicted molar refractivity (Wildman–Crippen MR) is 80.5 cm³/mol. The van der Waals surface area contributed by atoms with Crippen LogP contribution in [0.5, 0.6) is 5.75 Å². The van der Waals surface area contributed by atoms with E-state index >= 15 is 0 Å². The van der Waals surface area contributed by atoms with Gasteiger partial charge in [-0.2, -0.15) is 0 Å². The van der Waals surface area contributed by atoms with Gasteiger partial charge in [0.15, 0.2) is 0 Å². The van der Waals surface area contributed by atoms with Crippen molar-refractivity contribution in [3.05, 3.63) is 29.3 Å². The number of aryl methyl sites for hydroxylation is 2. The molecule has 1 rings (SSSR count). The van der Waals surface area contributed by atoms with E-state index in [0.29, 0.717) is 12.8 Å². The van der Waals surface area contributed by atoms with E-state index in [-0.39, 0.29) is 18.9 Å². The van der Waals surface area contributed by atoms with E-state index < -0.39 is 12.0 Å². The number of carboxylic acids is 1. The van der Waals surface area contributed by atoms with Gasteiger partial charge in [0.1, 0.15) is 11.8 Å². The number of ether oxygens (including phenoxy) is 1. The molecule has 21 heavy (non-hydrogen) atoms. The van der Waals surface area contributed by atoms with E-state index in [0.717, 1.165) is 16.9 Å². The van der Waals surface area contributed by atoms with Gasteiger partial charge in [0.25, 0.3) is 0 Å². The predicted octanol–water partition coefficient (Wildman–Crippen LogP) is 2.44. The summed E-state index contributed by atoms with van der Waals surface area (Å²) >= 11 is 0. The van der Waals surface area contributed by atoms with Gasteiger partial charge in [-0.1, -0.05) is 31.0 Å². The molecule has 0 aliphatic heterocycles. The second-order valence-corrected chi connectivity index (χ2v) is 5.11. The molecule has 0 saturated carbocycles. The van der Waals surface area contributed by atoms with Gasteiger partial charge in [-0.05, 0) is 31.9 Å². The van der Waals surface area contributed by atoms with Crippen LogP contribution < -0.4 is 10.1 Å². The lowest BCUT2D eigenvalue weighted by Crippen LogP contribution is -2.41. The number of rotatable bonds is 8. The van der Waals surface area contributed by atoms with Crippen molar-refractivity contribution in [2.75, 3.05) is 6.61 Å². The SMILES string of the molecule is CCC[C@@H](NC(=O)CCOc1ccc(C)cc1C)C(=O)O. The molecule has 0 aromatic heterocycles. The van der Waals surface area contributed by atoms with Gasteiger partial charge in [0, 0.05) is 0 Å². The summed E-state index contributed by atoms with van der Waals surface area (Å²) < 4.78 is 5.56. The zero-order chi connectivity index (χ0) is 15.8. The number of carbonyl (C=O) groups excluding carboxylic acids is 1. The van der Waals surface area contributed by atoms with Gasteiger partial charge in [-0.15, -0.1) is 0 Å². The van der Waals surface area contributed by atoms with Crippen molar-refractivity contribution in [2.24, 2.45) is 0 Å². The second kappa shape index (κ2) is 8.29. The minimum Gasteiger partial charge on any atom is -0.493 e. The molecule has 0 radical (unpaired) electrons. The Morgan fingerprint density at radius 2 is 2.05 bits per heavy atom. The Morgan fingerprint density at radius 1 is 1.33 bits per heavy atom. The first-order chi connectivity index (χ1) is 9.93. The maximum atomic E-state index is 11.7. The Morgan fingerprint density at radius 3 is 2.62 bits per heavy atom. The molecular formula is C16H23NO4. The summed E-state index contributed by atoms with van der Waals surface area (Å²) in [4.78, 5) is 22.7. The first-order valence-corrected chi connectivity index (χ1v) is 7.16. The molecule has 1 aromatic carbocycles. The van der Waals surface area contributed by atoms with Crippen LogP contribution in [-0.2, 0) is 9.59 Å². The average molecular weight is 293 g/mol. The van der Waals surface area contributed by atoms with Gasteiger partial charge < -0.3 is 15.2 Å². The molecule has 5 heteroatoms. The molecule has 0 heterocycles. The third-order valence-corrected chi connectivity index (χ3v) is 3.13. The van der Waals surface area contributed by atoms with Crippen LogP contribution in [0.2, 0.25) is 0 Å². The number of hydrogen-bond acceptors (Lipinski definition) is 3. The van der Waals surface area contributed by atoms with Crippen LogP contribution in [0.3, 0.4) is 0 Å². The summed E-state index contributed by atoms with van der Waals surface area (Å²) in [6, 6.07) is 5.02. The quantitative estimate of drug-likeness (QED) is 0.772. The second-order valence-electron chi connectivity index (χ2n) is 5.11. The number of nitrogens with one attached hydrogen (secondary N) is 1. The Balaban J connectivity index is 2.41. The smallest absolute Gasteiger partial charge is 0.326 e. The van der Waals surface area contributed by atoms with E-state index in [4.69, 9.17) is 9.84 Å². The van der Waals surface area contributed by atoms with E-state index in [1.807, 2.05) is 39.0 Å². The molecule has 0 saturated heterocycles. The fourth-order valence-electron chi connectivity index (χ4n) is 2.03. The molecule has 5 nitrogen and oxygen atoms in total. The molecule has 1 atom stereocenters. The lowest BCUT2D eigenvalue weighted by Gasteiger charge is -2.14. The Bertz CT molecular complexity index is 499. The van der Waals surface area contributed by atoms with Crippen molar-refractivity contribution in [1.29, 1.82) is 0 Å². The standard InChI is InChI=1S/C16H23NO4/c1-4-5-13(16(19)20)17-15(18)8-9-21-14-7-6-11(2)10-12(14)3/h6-7,10,13H,4-5,8-9H2,1-3H3,(H,17,18)(H,19,20)/t13-/m1/s1. The molecule has 116 valence electrons. The normalized spacial score (nSPS) is 11.8. The van der Waals surface area contributed by atoms with Gasteiger partial charge >= 0.3 is 5.97 Å². The van der Waals surface area contributed by atoms with Crippen LogP contribution in [0.4, 0.5) is 0 Å². The lowest BCUT2D eigenvalue weighted by molar-refractivity contribution is -0.142. The van der Waals surface area contributed by atoms with E-state index in [1.54, 1.807) is 0 Å². The zero-order valence-corrected chi connectivity index (χ0v) is 12.8. The number of benzene rings is 1. The molecule has 0 spiro atoms. The highest BCUT2D eigenvalue weighted by Gasteiger charge is 2.18. The Labute approximate surface area is 125 Å². The summed E-state index contributed by atoms with van der Waals surface area (Å²) in [5.74, 6) is -0.558. The third-order valence-electron chi connectivity index (χ3n) is 3.13. The fraction of sp³-hybridized carbons (Fsp3) is 0.500. The molecule has 0 fully saturated rings. The molecule has 1 amide bonds. The number of carbonyl (C=O) groups is 2. The maximum absolute atomic E-state index is 11.7. The number of aliphatic carboxylic acids is 1. The lowest BCUT2D eigenvalue weighted by atomic mass is 10.1. The van der Waals surface area contributed by atoms with Gasteiger partial charge in [0.2, 0.25) is 5.91 Å². The number of hydrogen-bond donors (Lipinski definition) is 2. The summed E-state index contributed by atoms with van der Waals surface area (Å²) in [5, 5.41) is 11.5. The van der Waals surface area contributed by atoms with E-state index in [9.17, 15) is 9.59 Å². The molecule has 0 aliphatic carbocycles. The first-order valence-electron chi connectivity index (χ1n) is 7.16. The summed E-state index contributed by atoms with van der Waals surface area (Å²) in [6.45, 7) is 6.06. The largest absolute Gasteiger partial charge is 0.493 e. The van der Waals surface area contributed by atoms with Gasteiger partial charge in [-0.25, -0.2) is 4.79 Å². The highest BCUT2D eigenvalue weighted by molar-refractivity contribution is 5.83. The number of amides is 1.